The molecular weight excluding hydrogens is 405 g/mol. The molecule has 0 atom stereocenters. The fourth-order valence-corrected chi connectivity index (χ4v) is 3.16. The molecule has 148 valence electrons. The topological polar surface area (TPSA) is 99.9 Å². The van der Waals surface area contributed by atoms with Gasteiger partial charge in [-0.25, -0.2) is 4.98 Å². The van der Waals surface area contributed by atoms with Crippen molar-refractivity contribution in [3.63, 3.8) is 0 Å². The van der Waals surface area contributed by atoms with Crippen molar-refractivity contribution in [2.75, 3.05) is 16.2 Å². The second kappa shape index (κ2) is 8.17. The molecular formula is C14H17F3N6O2S2. The number of azo groups is 1. The highest BCUT2D eigenvalue weighted by molar-refractivity contribution is 7.93. The van der Waals surface area contributed by atoms with E-state index in [1.165, 1.54) is 18.5 Å². The van der Waals surface area contributed by atoms with Gasteiger partial charge in [-0.15, -0.1) is 10.2 Å². The van der Waals surface area contributed by atoms with Gasteiger partial charge in [0.15, 0.2) is 0 Å². The molecule has 2 aromatic rings. The molecule has 1 aromatic carbocycles. The summed E-state index contributed by atoms with van der Waals surface area (Å²) in [5, 5.41) is 7.75. The molecule has 13 heteroatoms. The maximum Gasteiger partial charge on any atom is 0.516 e. The SMILES string of the molecule is CCN(c1ccc(N=Nc2ncns2)c(NS(=O)(=O)C(F)(F)F)c1)C(C)C. The monoisotopic (exact) mass is 422 g/mol. The quantitative estimate of drug-likeness (QED) is 0.665. The van der Waals surface area contributed by atoms with Crippen LogP contribution in [0.15, 0.2) is 34.8 Å². The van der Waals surface area contributed by atoms with Gasteiger partial charge in [0.25, 0.3) is 0 Å². The summed E-state index contributed by atoms with van der Waals surface area (Å²) >= 11 is 0.933. The van der Waals surface area contributed by atoms with Crippen LogP contribution in [0.4, 0.5) is 35.4 Å². The normalized spacial score (nSPS) is 12.7. The van der Waals surface area contributed by atoms with E-state index < -0.39 is 15.5 Å². The zero-order valence-electron chi connectivity index (χ0n) is 14.6. The molecule has 1 heterocycles. The third-order valence-corrected chi connectivity index (χ3v) is 5.07. The Morgan fingerprint density at radius 1 is 1.30 bits per heavy atom. The van der Waals surface area contributed by atoms with E-state index in [0.29, 0.717) is 12.2 Å². The van der Waals surface area contributed by atoms with Crippen LogP contribution < -0.4 is 9.62 Å². The van der Waals surface area contributed by atoms with Crippen LogP contribution in [-0.2, 0) is 10.0 Å². The summed E-state index contributed by atoms with van der Waals surface area (Å²) < 4.78 is 66.7. The maximum absolute atomic E-state index is 12.8. The highest BCUT2D eigenvalue weighted by atomic mass is 32.2. The number of benzene rings is 1. The molecule has 27 heavy (non-hydrogen) atoms. The lowest BCUT2D eigenvalue weighted by molar-refractivity contribution is -0.0429. The number of hydrogen-bond donors (Lipinski definition) is 1. The predicted molar refractivity (Wildman–Crippen MR) is 97.3 cm³/mol. The zero-order chi connectivity index (χ0) is 20.2. The Hall–Kier alpha value is -2.28. The van der Waals surface area contributed by atoms with Crippen LogP contribution in [0.3, 0.4) is 0 Å². The molecule has 1 N–H and O–H groups in total. The van der Waals surface area contributed by atoms with Gasteiger partial charge in [-0.05, 0) is 39.0 Å². The van der Waals surface area contributed by atoms with Crippen LogP contribution in [0.2, 0.25) is 0 Å². The molecule has 0 aliphatic rings. The van der Waals surface area contributed by atoms with Crippen molar-refractivity contribution in [1.82, 2.24) is 9.36 Å². The summed E-state index contributed by atoms with van der Waals surface area (Å²) in [6.45, 7) is 6.27. The average Bonchev–Trinajstić information content (AvgIpc) is 3.06. The van der Waals surface area contributed by atoms with Gasteiger partial charge in [-0.2, -0.15) is 26.0 Å². The lowest BCUT2D eigenvalue weighted by atomic mass is 10.2. The van der Waals surface area contributed by atoms with E-state index in [1.54, 1.807) is 10.8 Å². The smallest absolute Gasteiger partial charge is 0.369 e. The van der Waals surface area contributed by atoms with E-state index in [1.807, 2.05) is 25.7 Å². The Balaban J connectivity index is 2.49. The van der Waals surface area contributed by atoms with E-state index in [-0.39, 0.29) is 22.5 Å². The molecule has 8 nitrogen and oxygen atoms in total. The summed E-state index contributed by atoms with van der Waals surface area (Å²) in [5.74, 6) is 0. The molecule has 0 bridgehead atoms. The Morgan fingerprint density at radius 2 is 2.00 bits per heavy atom. The summed E-state index contributed by atoms with van der Waals surface area (Å²) in [5.41, 5.74) is -5.33. The summed E-state index contributed by atoms with van der Waals surface area (Å²) in [6, 6.07) is 4.36. The van der Waals surface area contributed by atoms with Crippen molar-refractivity contribution < 1.29 is 21.6 Å². The summed E-state index contributed by atoms with van der Waals surface area (Å²) in [6.07, 6.45) is 1.25. The van der Waals surface area contributed by atoms with Gasteiger partial charge in [-0.1, -0.05) is 0 Å². The Bertz CT molecular complexity index is 898. The second-order valence-corrected chi connectivity index (χ2v) is 7.99. The molecule has 0 aliphatic heterocycles. The van der Waals surface area contributed by atoms with Crippen LogP contribution in [0, 0.1) is 0 Å². The lowest BCUT2D eigenvalue weighted by Crippen LogP contribution is -2.31. The third kappa shape index (κ3) is 5.13. The Labute approximate surface area is 158 Å². The fourth-order valence-electron chi connectivity index (χ4n) is 2.23. The van der Waals surface area contributed by atoms with E-state index in [4.69, 9.17) is 0 Å². The Morgan fingerprint density at radius 3 is 2.52 bits per heavy atom. The number of halogens is 3. The number of nitrogens with one attached hydrogen (secondary N) is 1. The van der Waals surface area contributed by atoms with Crippen LogP contribution in [0.25, 0.3) is 0 Å². The molecule has 0 aliphatic carbocycles. The Kier molecular flexibility index (Phi) is 6.36. The number of rotatable bonds is 7. The van der Waals surface area contributed by atoms with Crippen LogP contribution in [-0.4, -0.2) is 35.9 Å². The molecule has 0 saturated heterocycles. The molecule has 2 rings (SSSR count). The van der Waals surface area contributed by atoms with Crippen molar-refractivity contribution in [3.05, 3.63) is 24.5 Å². The highest BCUT2D eigenvalue weighted by Crippen LogP contribution is 2.35. The first-order valence-corrected chi connectivity index (χ1v) is 9.99. The van der Waals surface area contributed by atoms with Crippen LogP contribution in [0.1, 0.15) is 20.8 Å². The minimum atomic E-state index is -5.61. The van der Waals surface area contributed by atoms with Crippen molar-refractivity contribution in [2.45, 2.75) is 32.3 Å². The molecule has 0 radical (unpaired) electrons. The van der Waals surface area contributed by atoms with Gasteiger partial charge in [0.05, 0.1) is 5.69 Å². The first-order chi connectivity index (χ1) is 12.5. The first kappa shape index (κ1) is 21.0. The molecule has 0 spiro atoms. The molecule has 0 saturated carbocycles. The molecule has 0 unspecified atom stereocenters. The standard InChI is InChI=1S/C14H17F3N6O2S2/c1-4-23(9(2)3)10-5-6-11(20-21-13-18-8-19-26-13)12(7-10)22-27(24,25)14(15,16)17/h5-9,22H,4H2,1-3H3. The first-order valence-electron chi connectivity index (χ1n) is 7.73. The maximum atomic E-state index is 12.8. The van der Waals surface area contributed by atoms with Gasteiger partial charge in [0.2, 0.25) is 5.13 Å². The van der Waals surface area contributed by atoms with Crippen molar-refractivity contribution in [2.24, 2.45) is 10.2 Å². The number of sulfonamides is 1. The van der Waals surface area contributed by atoms with E-state index >= 15 is 0 Å². The zero-order valence-corrected chi connectivity index (χ0v) is 16.2. The number of hydrogen-bond acceptors (Lipinski definition) is 8. The number of nitrogens with zero attached hydrogens (tertiary/aromatic N) is 5. The number of alkyl halides is 3. The minimum Gasteiger partial charge on any atom is -0.369 e. The van der Waals surface area contributed by atoms with E-state index in [9.17, 15) is 21.6 Å². The fraction of sp³-hybridized carbons (Fsp3) is 0.429. The summed E-state index contributed by atoms with van der Waals surface area (Å²) in [4.78, 5) is 5.66. The van der Waals surface area contributed by atoms with Gasteiger partial charge < -0.3 is 4.90 Å². The van der Waals surface area contributed by atoms with Gasteiger partial charge in [-0.3, -0.25) is 4.72 Å². The highest BCUT2D eigenvalue weighted by Gasteiger charge is 2.46. The van der Waals surface area contributed by atoms with Crippen molar-refractivity contribution >= 4 is 43.7 Å². The van der Waals surface area contributed by atoms with Crippen LogP contribution in [0.5, 0.6) is 0 Å². The van der Waals surface area contributed by atoms with E-state index in [2.05, 4.69) is 19.6 Å². The van der Waals surface area contributed by atoms with Crippen molar-refractivity contribution in [3.8, 4) is 0 Å². The van der Waals surface area contributed by atoms with Gasteiger partial charge in [0, 0.05) is 29.8 Å². The summed E-state index contributed by atoms with van der Waals surface area (Å²) in [7, 11) is -5.61. The average molecular weight is 422 g/mol. The third-order valence-electron chi connectivity index (χ3n) is 3.42. The number of aromatic nitrogens is 2. The van der Waals surface area contributed by atoms with Gasteiger partial charge >= 0.3 is 15.5 Å². The van der Waals surface area contributed by atoms with E-state index in [0.717, 1.165) is 11.5 Å². The van der Waals surface area contributed by atoms with Crippen LogP contribution >= 0.6 is 11.5 Å². The molecule has 0 amide bonds. The number of anilines is 2. The minimum absolute atomic E-state index is 0.0518. The molecule has 1 aromatic heterocycles. The van der Waals surface area contributed by atoms with Gasteiger partial charge in [0.1, 0.15) is 12.0 Å². The lowest BCUT2D eigenvalue weighted by Gasteiger charge is -2.28. The largest absolute Gasteiger partial charge is 0.516 e. The molecule has 0 fully saturated rings. The predicted octanol–water partition coefficient (Wildman–Crippen LogP) is 4.45. The second-order valence-electron chi connectivity index (χ2n) is 5.56. The van der Waals surface area contributed by atoms with Crippen molar-refractivity contribution in [1.29, 1.82) is 0 Å².